The van der Waals surface area contributed by atoms with Crippen LogP contribution in [0.2, 0.25) is 0 Å². The van der Waals surface area contributed by atoms with Gasteiger partial charge in [0, 0.05) is 12.1 Å². The molecule has 0 radical (unpaired) electrons. The van der Waals surface area contributed by atoms with Gasteiger partial charge in [0.25, 0.3) is 5.91 Å². The molecule has 0 bridgehead atoms. The molecule has 0 saturated carbocycles. The van der Waals surface area contributed by atoms with E-state index in [-0.39, 0.29) is 23.8 Å². The lowest BCUT2D eigenvalue weighted by molar-refractivity contribution is -0.149. The maximum atomic E-state index is 12.0. The van der Waals surface area contributed by atoms with Gasteiger partial charge in [-0.25, -0.2) is 9.59 Å². The van der Waals surface area contributed by atoms with E-state index in [0.29, 0.717) is 18.6 Å². The van der Waals surface area contributed by atoms with Crippen LogP contribution in [0.5, 0.6) is 5.75 Å². The number of anilines is 2. The van der Waals surface area contributed by atoms with Gasteiger partial charge in [0.05, 0.1) is 18.4 Å². The summed E-state index contributed by atoms with van der Waals surface area (Å²) in [6, 6.07) is 11.4. The smallest absolute Gasteiger partial charge is 0.344 e. The summed E-state index contributed by atoms with van der Waals surface area (Å²) < 4.78 is 15.0. The molecule has 0 fully saturated rings. The lowest BCUT2D eigenvalue weighted by Crippen LogP contribution is -2.24. The quantitative estimate of drug-likeness (QED) is 0.667. The molecule has 0 saturated heterocycles. The van der Waals surface area contributed by atoms with Gasteiger partial charge in [-0.3, -0.25) is 9.59 Å². The third-order valence-electron chi connectivity index (χ3n) is 4.30. The number of ether oxygens (including phenoxy) is 3. The molecule has 2 aromatic carbocycles. The molecule has 30 heavy (non-hydrogen) atoms. The Balaban J connectivity index is 1.47. The van der Waals surface area contributed by atoms with Crippen molar-refractivity contribution in [2.75, 3.05) is 31.0 Å². The average Bonchev–Trinajstić information content (AvgIpc) is 2.76. The van der Waals surface area contributed by atoms with Gasteiger partial charge in [-0.05, 0) is 42.3 Å². The van der Waals surface area contributed by atoms with Gasteiger partial charge in [0.15, 0.2) is 13.2 Å². The number of rotatable bonds is 7. The molecule has 0 unspecified atom stereocenters. The van der Waals surface area contributed by atoms with Crippen LogP contribution in [0.25, 0.3) is 0 Å². The number of hydrogen-bond donors (Lipinski definition) is 2. The van der Waals surface area contributed by atoms with Gasteiger partial charge in [-0.2, -0.15) is 0 Å². The number of benzene rings is 2. The molecule has 0 spiro atoms. The number of fused-ring (bicyclic) bond motifs is 1. The van der Waals surface area contributed by atoms with Crippen molar-refractivity contribution < 1.29 is 33.4 Å². The second kappa shape index (κ2) is 9.55. The molecule has 9 heteroatoms. The second-order valence-electron chi connectivity index (χ2n) is 6.40. The molecule has 2 amide bonds. The minimum absolute atomic E-state index is 0.0350. The lowest BCUT2D eigenvalue weighted by atomic mass is 10.0. The van der Waals surface area contributed by atoms with Crippen molar-refractivity contribution in [2.45, 2.75) is 12.8 Å². The zero-order chi connectivity index (χ0) is 21.5. The third-order valence-corrected chi connectivity index (χ3v) is 4.30. The molecule has 3 rings (SSSR count). The SMILES string of the molecule is COC(=O)c1ccccc1NC(=O)COC(=O)COc1ccc2c(c1)CCC(=O)N2. The normalized spacial score (nSPS) is 12.2. The van der Waals surface area contributed by atoms with E-state index in [4.69, 9.17) is 9.47 Å². The van der Waals surface area contributed by atoms with Gasteiger partial charge >= 0.3 is 11.9 Å². The molecular formula is C21H20N2O7. The van der Waals surface area contributed by atoms with Crippen molar-refractivity contribution in [3.05, 3.63) is 53.6 Å². The van der Waals surface area contributed by atoms with E-state index in [1.165, 1.54) is 19.2 Å². The molecule has 156 valence electrons. The molecule has 2 aromatic rings. The number of esters is 2. The Bertz CT molecular complexity index is 987. The van der Waals surface area contributed by atoms with Crippen LogP contribution in [-0.4, -0.2) is 44.1 Å². The van der Waals surface area contributed by atoms with E-state index in [0.717, 1.165) is 11.3 Å². The summed E-state index contributed by atoms with van der Waals surface area (Å²) in [5, 5.41) is 5.26. The summed E-state index contributed by atoms with van der Waals surface area (Å²) in [4.78, 5) is 47.0. The van der Waals surface area contributed by atoms with Gasteiger partial charge < -0.3 is 24.8 Å². The molecule has 1 aliphatic rings. The Morgan fingerprint density at radius 1 is 1.07 bits per heavy atom. The van der Waals surface area contributed by atoms with E-state index in [9.17, 15) is 19.2 Å². The lowest BCUT2D eigenvalue weighted by Gasteiger charge is -2.17. The van der Waals surface area contributed by atoms with Gasteiger partial charge in [-0.1, -0.05) is 12.1 Å². The highest BCUT2D eigenvalue weighted by molar-refractivity contribution is 6.01. The minimum Gasteiger partial charge on any atom is -0.482 e. The first-order chi connectivity index (χ1) is 14.5. The maximum Gasteiger partial charge on any atom is 0.344 e. The largest absolute Gasteiger partial charge is 0.482 e. The molecule has 9 nitrogen and oxygen atoms in total. The van der Waals surface area contributed by atoms with Crippen LogP contribution in [0, 0.1) is 0 Å². The summed E-state index contributed by atoms with van der Waals surface area (Å²) in [5.74, 6) is -1.51. The number of para-hydroxylation sites is 1. The number of amides is 2. The third kappa shape index (κ3) is 5.34. The monoisotopic (exact) mass is 412 g/mol. The van der Waals surface area contributed by atoms with Crippen LogP contribution in [-0.2, 0) is 30.3 Å². The van der Waals surface area contributed by atoms with Crippen LogP contribution in [0.3, 0.4) is 0 Å². The summed E-state index contributed by atoms with van der Waals surface area (Å²) in [5.41, 5.74) is 2.09. The molecule has 2 N–H and O–H groups in total. The fraction of sp³-hybridized carbons (Fsp3) is 0.238. The molecule has 1 heterocycles. The van der Waals surface area contributed by atoms with Crippen LogP contribution in [0.15, 0.2) is 42.5 Å². The average molecular weight is 412 g/mol. The van der Waals surface area contributed by atoms with Crippen molar-refractivity contribution in [3.63, 3.8) is 0 Å². The van der Waals surface area contributed by atoms with Crippen LogP contribution >= 0.6 is 0 Å². The second-order valence-corrected chi connectivity index (χ2v) is 6.40. The van der Waals surface area contributed by atoms with E-state index in [1.54, 1.807) is 30.3 Å². The summed E-state index contributed by atoms with van der Waals surface area (Å²) in [6.07, 6.45) is 0.989. The van der Waals surface area contributed by atoms with Crippen LogP contribution in [0.1, 0.15) is 22.3 Å². The van der Waals surface area contributed by atoms with Gasteiger partial charge in [0.2, 0.25) is 5.91 Å². The van der Waals surface area contributed by atoms with E-state index in [1.807, 2.05) is 0 Å². The number of carbonyl (C=O) groups excluding carboxylic acids is 4. The first-order valence-corrected chi connectivity index (χ1v) is 9.14. The molecular weight excluding hydrogens is 392 g/mol. The van der Waals surface area contributed by atoms with Gasteiger partial charge in [0.1, 0.15) is 5.75 Å². The van der Waals surface area contributed by atoms with E-state index in [2.05, 4.69) is 15.4 Å². The van der Waals surface area contributed by atoms with Crippen molar-refractivity contribution >= 4 is 35.1 Å². The number of methoxy groups -OCH3 is 1. The Kier molecular flexibility index (Phi) is 6.63. The number of carbonyl (C=O) groups is 4. The highest BCUT2D eigenvalue weighted by atomic mass is 16.6. The fourth-order valence-corrected chi connectivity index (χ4v) is 2.85. The predicted octanol–water partition coefficient (Wildman–Crippen LogP) is 1.92. The Morgan fingerprint density at radius 3 is 2.67 bits per heavy atom. The van der Waals surface area contributed by atoms with Crippen molar-refractivity contribution in [2.24, 2.45) is 0 Å². The fourth-order valence-electron chi connectivity index (χ4n) is 2.85. The number of hydrogen-bond acceptors (Lipinski definition) is 7. The van der Waals surface area contributed by atoms with E-state index >= 15 is 0 Å². The van der Waals surface area contributed by atoms with Crippen LogP contribution < -0.4 is 15.4 Å². The molecule has 1 aliphatic heterocycles. The van der Waals surface area contributed by atoms with E-state index < -0.39 is 24.5 Å². The first kappa shape index (κ1) is 20.8. The summed E-state index contributed by atoms with van der Waals surface area (Å²) in [6.45, 7) is -0.912. The molecule has 0 aromatic heterocycles. The van der Waals surface area contributed by atoms with Crippen molar-refractivity contribution in [1.29, 1.82) is 0 Å². The summed E-state index contributed by atoms with van der Waals surface area (Å²) in [7, 11) is 1.24. The van der Waals surface area contributed by atoms with Gasteiger partial charge in [-0.15, -0.1) is 0 Å². The standard InChI is InChI=1S/C21H20N2O7/c1-28-21(27)15-4-2-3-5-17(15)23-19(25)11-30-20(26)12-29-14-7-8-16-13(10-14)6-9-18(24)22-16/h2-5,7-8,10H,6,9,11-12H2,1H3,(H,22,24)(H,23,25). The molecule has 0 aliphatic carbocycles. The topological polar surface area (TPSA) is 120 Å². The Labute approximate surface area is 172 Å². The predicted molar refractivity (Wildman–Crippen MR) is 106 cm³/mol. The minimum atomic E-state index is -0.725. The Hall–Kier alpha value is -3.88. The highest BCUT2D eigenvalue weighted by Crippen LogP contribution is 2.26. The Morgan fingerprint density at radius 2 is 1.87 bits per heavy atom. The maximum absolute atomic E-state index is 12.0. The first-order valence-electron chi connectivity index (χ1n) is 9.14. The zero-order valence-corrected chi connectivity index (χ0v) is 16.2. The highest BCUT2D eigenvalue weighted by Gasteiger charge is 2.17. The molecule has 0 atom stereocenters. The zero-order valence-electron chi connectivity index (χ0n) is 16.2. The number of aryl methyl sites for hydroxylation is 1. The van der Waals surface area contributed by atoms with Crippen molar-refractivity contribution in [3.8, 4) is 5.75 Å². The number of nitrogens with one attached hydrogen (secondary N) is 2. The van der Waals surface area contributed by atoms with Crippen molar-refractivity contribution in [1.82, 2.24) is 0 Å². The van der Waals surface area contributed by atoms with Crippen LogP contribution in [0.4, 0.5) is 11.4 Å². The summed E-state index contributed by atoms with van der Waals surface area (Å²) >= 11 is 0.